The summed E-state index contributed by atoms with van der Waals surface area (Å²) in [7, 11) is 0. The molecule has 33 heavy (non-hydrogen) atoms. The molecule has 0 spiro atoms. The summed E-state index contributed by atoms with van der Waals surface area (Å²) in [6.07, 6.45) is 11.3. The van der Waals surface area contributed by atoms with Crippen molar-refractivity contribution in [2.45, 2.75) is 96.4 Å². The van der Waals surface area contributed by atoms with E-state index in [1.807, 2.05) is 17.5 Å². The summed E-state index contributed by atoms with van der Waals surface area (Å²) in [5.41, 5.74) is 2.87. The highest BCUT2D eigenvalue weighted by Crippen LogP contribution is 2.59. The second-order valence-electron chi connectivity index (χ2n) is 11.0. The Morgan fingerprint density at radius 2 is 1.97 bits per heavy atom. The van der Waals surface area contributed by atoms with Crippen LogP contribution in [0.15, 0.2) is 40.8 Å². The van der Waals surface area contributed by atoms with Gasteiger partial charge in [-0.3, -0.25) is 4.79 Å². The van der Waals surface area contributed by atoms with E-state index in [4.69, 9.17) is 0 Å². The van der Waals surface area contributed by atoms with Crippen LogP contribution in [0.25, 0.3) is 0 Å². The largest absolute Gasteiger partial charge is 0.390 e. The molecule has 0 amide bonds. The average Bonchev–Trinajstić information content (AvgIpc) is 3.43. The molecule has 3 unspecified atom stereocenters. The van der Waals surface area contributed by atoms with Crippen LogP contribution < -0.4 is 0 Å². The van der Waals surface area contributed by atoms with Crippen LogP contribution in [0.1, 0.15) is 87.7 Å². The number of carbonyl (C=O) groups is 1. The van der Waals surface area contributed by atoms with Gasteiger partial charge in [0, 0.05) is 6.42 Å². The number of fused-ring (bicyclic) bond motifs is 1. The van der Waals surface area contributed by atoms with Crippen molar-refractivity contribution in [3.8, 4) is 0 Å². The van der Waals surface area contributed by atoms with Crippen molar-refractivity contribution in [3.05, 3.63) is 45.7 Å². The van der Waals surface area contributed by atoms with Crippen molar-refractivity contribution >= 4 is 17.1 Å². The van der Waals surface area contributed by atoms with Crippen molar-refractivity contribution in [3.63, 3.8) is 0 Å². The number of ketones is 1. The van der Waals surface area contributed by atoms with Crippen LogP contribution in [0.4, 0.5) is 0 Å². The minimum Gasteiger partial charge on any atom is -0.390 e. The Morgan fingerprint density at radius 3 is 2.67 bits per heavy atom. The van der Waals surface area contributed by atoms with E-state index in [1.165, 1.54) is 31.3 Å². The van der Waals surface area contributed by atoms with E-state index in [2.05, 4.69) is 26.0 Å². The van der Waals surface area contributed by atoms with Gasteiger partial charge in [-0.2, -0.15) is 0 Å². The highest BCUT2D eigenvalue weighted by atomic mass is 32.1. The summed E-state index contributed by atoms with van der Waals surface area (Å²) in [6, 6.07) is 3.88. The first-order valence-electron chi connectivity index (χ1n) is 12.8. The SMILES string of the molecule is CC(CCCC(=O)c1cccs1)[C@H]1CCC2/C(=C\C=C3C[C@@H](O)C(O)[C@@H](O)C3)CCC[C@@]21C. The van der Waals surface area contributed by atoms with Crippen molar-refractivity contribution in [1.82, 2.24) is 0 Å². The molecule has 3 aliphatic rings. The molecule has 4 rings (SSSR count). The standard InChI is InChI=1S/C28H40O4S/c1-18(6-3-8-23(29)26-9-5-15-33-26)21-12-13-22-20(7-4-14-28(21,22)2)11-10-19-16-24(30)27(32)25(31)17-19/h5,9-11,15,18,21-22,24-25,27,30-32H,3-4,6-8,12-14,16-17H2,1-2H3/b19-10?,20-11-/t18?,21-,22?,24-,25+,27?,28-/m1/s1. The van der Waals surface area contributed by atoms with Crippen LogP contribution in [0.5, 0.6) is 0 Å². The third-order valence-electron chi connectivity index (χ3n) is 8.85. The van der Waals surface area contributed by atoms with Crippen LogP contribution >= 0.6 is 11.3 Å². The van der Waals surface area contributed by atoms with E-state index >= 15 is 0 Å². The van der Waals surface area contributed by atoms with Crippen LogP contribution in [0.3, 0.4) is 0 Å². The monoisotopic (exact) mass is 472 g/mol. The number of carbonyl (C=O) groups excluding carboxylic acids is 1. The van der Waals surface area contributed by atoms with Gasteiger partial charge in [-0.15, -0.1) is 11.3 Å². The Labute approximate surface area is 202 Å². The maximum atomic E-state index is 12.4. The van der Waals surface area contributed by atoms with Gasteiger partial charge in [0.2, 0.25) is 0 Å². The molecule has 0 aliphatic heterocycles. The molecule has 0 radical (unpaired) electrons. The Balaban J connectivity index is 1.37. The maximum absolute atomic E-state index is 12.4. The molecule has 3 aliphatic carbocycles. The second-order valence-corrected chi connectivity index (χ2v) is 11.9. The highest BCUT2D eigenvalue weighted by Gasteiger charge is 2.50. The molecule has 7 atom stereocenters. The summed E-state index contributed by atoms with van der Waals surface area (Å²) >= 11 is 1.54. The first kappa shape index (κ1) is 24.8. The van der Waals surface area contributed by atoms with Gasteiger partial charge in [-0.05, 0) is 92.4 Å². The lowest BCUT2D eigenvalue weighted by molar-refractivity contribution is -0.0713. The molecule has 0 aromatic carbocycles. The van der Waals surface area contributed by atoms with Gasteiger partial charge in [-0.25, -0.2) is 0 Å². The third-order valence-corrected chi connectivity index (χ3v) is 9.76. The predicted octanol–water partition coefficient (Wildman–Crippen LogP) is 5.68. The van der Waals surface area contributed by atoms with Gasteiger partial charge in [0.25, 0.3) is 0 Å². The van der Waals surface area contributed by atoms with Crippen molar-refractivity contribution < 1.29 is 20.1 Å². The number of thiophene rings is 1. The minimum absolute atomic E-state index is 0.286. The highest BCUT2D eigenvalue weighted by molar-refractivity contribution is 7.12. The van der Waals surface area contributed by atoms with Gasteiger partial charge >= 0.3 is 0 Å². The summed E-state index contributed by atoms with van der Waals surface area (Å²) in [6.45, 7) is 4.89. The van der Waals surface area contributed by atoms with Gasteiger partial charge in [0.15, 0.2) is 5.78 Å². The molecule has 3 N–H and O–H groups in total. The van der Waals surface area contributed by atoms with Crippen molar-refractivity contribution in [1.29, 1.82) is 0 Å². The number of rotatable bonds is 7. The van der Waals surface area contributed by atoms with Gasteiger partial charge in [0.05, 0.1) is 17.1 Å². The van der Waals surface area contributed by atoms with Gasteiger partial charge in [-0.1, -0.05) is 43.2 Å². The molecule has 1 aromatic rings. The first-order valence-corrected chi connectivity index (χ1v) is 13.7. The van der Waals surface area contributed by atoms with Crippen LogP contribution in [0.2, 0.25) is 0 Å². The first-order chi connectivity index (χ1) is 15.8. The fourth-order valence-electron chi connectivity index (χ4n) is 7.04. The molecule has 1 heterocycles. The molecule has 3 fully saturated rings. The van der Waals surface area contributed by atoms with Crippen LogP contribution in [-0.2, 0) is 0 Å². The Kier molecular flexibility index (Phi) is 7.95. The Morgan fingerprint density at radius 1 is 1.21 bits per heavy atom. The van der Waals surface area contributed by atoms with Crippen molar-refractivity contribution in [2.75, 3.05) is 0 Å². The Bertz CT molecular complexity index is 858. The Hall–Kier alpha value is -1.27. The summed E-state index contributed by atoms with van der Waals surface area (Å²) in [4.78, 5) is 13.2. The van der Waals surface area contributed by atoms with E-state index in [-0.39, 0.29) is 5.78 Å². The molecule has 0 bridgehead atoms. The van der Waals surface area contributed by atoms with E-state index in [9.17, 15) is 20.1 Å². The number of allylic oxidation sites excluding steroid dienone is 3. The molecule has 5 heteroatoms. The zero-order valence-electron chi connectivity index (χ0n) is 20.1. The normalized spacial score (nSPS) is 37.9. The van der Waals surface area contributed by atoms with Crippen LogP contribution in [-0.4, -0.2) is 39.4 Å². The predicted molar refractivity (Wildman–Crippen MR) is 133 cm³/mol. The molecule has 3 saturated carbocycles. The topological polar surface area (TPSA) is 77.8 Å². The van der Waals surface area contributed by atoms with E-state index in [1.54, 1.807) is 11.3 Å². The molecular formula is C28H40O4S. The number of aliphatic hydroxyl groups excluding tert-OH is 3. The van der Waals surface area contributed by atoms with E-state index < -0.39 is 18.3 Å². The molecular weight excluding hydrogens is 432 g/mol. The average molecular weight is 473 g/mol. The summed E-state index contributed by atoms with van der Waals surface area (Å²) in [5.74, 6) is 2.21. The molecule has 0 saturated heterocycles. The lowest BCUT2D eigenvalue weighted by Gasteiger charge is -2.44. The smallest absolute Gasteiger partial charge is 0.172 e. The quantitative estimate of drug-likeness (QED) is 0.446. The second kappa shape index (κ2) is 10.6. The maximum Gasteiger partial charge on any atom is 0.172 e. The van der Waals surface area contributed by atoms with Crippen LogP contribution in [0, 0.1) is 23.2 Å². The summed E-state index contributed by atoms with van der Waals surface area (Å²) in [5, 5.41) is 31.8. The number of hydrogen-bond donors (Lipinski definition) is 3. The van der Waals surface area contributed by atoms with Crippen molar-refractivity contribution in [2.24, 2.45) is 23.2 Å². The molecule has 182 valence electrons. The minimum atomic E-state index is -1.04. The molecule has 1 aromatic heterocycles. The summed E-state index contributed by atoms with van der Waals surface area (Å²) < 4.78 is 0. The zero-order chi connectivity index (χ0) is 23.6. The number of hydrogen-bond acceptors (Lipinski definition) is 5. The van der Waals surface area contributed by atoms with Gasteiger partial charge < -0.3 is 15.3 Å². The van der Waals surface area contributed by atoms with Gasteiger partial charge in [0.1, 0.15) is 6.10 Å². The zero-order valence-corrected chi connectivity index (χ0v) is 20.9. The van der Waals surface area contributed by atoms with E-state index in [0.717, 1.165) is 29.7 Å². The van der Waals surface area contributed by atoms with E-state index in [0.29, 0.717) is 42.4 Å². The fourth-order valence-corrected chi connectivity index (χ4v) is 7.73. The number of Topliss-reactive ketones (excluding diaryl/α,β-unsaturated/α-hetero) is 1. The number of aliphatic hydroxyl groups is 3. The fraction of sp³-hybridized carbons (Fsp3) is 0.679. The lowest BCUT2D eigenvalue weighted by Crippen LogP contribution is -2.41. The third kappa shape index (κ3) is 5.37. The molecule has 4 nitrogen and oxygen atoms in total. The lowest BCUT2D eigenvalue weighted by atomic mass is 9.60.